The zero-order chi connectivity index (χ0) is 37.5. The Hall–Kier alpha value is -7.54. The standard InChI is InChI=1S/C49H32N6/c1-49(2)41-28-35(19-21-40(41)45-42(49)23-31(29-50)24-44(45)51-3)37-25-38(36-20-22-43(52-30-36)32-13-7-4-8-14-32)27-39(26-37)48-54-46(33-15-9-5-10-16-33)53-47(55-48)34-17-11-6-12-18-34/h4-28,30H,1-2H3. The third-order valence-electron chi connectivity index (χ3n) is 10.4. The normalized spacial score (nSPS) is 12.3. The summed E-state index contributed by atoms with van der Waals surface area (Å²) in [4.78, 5) is 23.8. The first-order valence-electron chi connectivity index (χ1n) is 18.1. The molecular weight excluding hydrogens is 673 g/mol. The first-order valence-corrected chi connectivity index (χ1v) is 18.1. The zero-order valence-electron chi connectivity index (χ0n) is 30.2. The molecular formula is C49H32N6. The molecule has 0 radical (unpaired) electrons. The third kappa shape index (κ3) is 6.03. The van der Waals surface area contributed by atoms with Gasteiger partial charge in [0.1, 0.15) is 0 Å². The van der Waals surface area contributed by atoms with Gasteiger partial charge in [-0.25, -0.2) is 19.8 Å². The Bertz CT molecular complexity index is 2780. The van der Waals surface area contributed by atoms with E-state index in [1.807, 2.05) is 91.1 Å². The van der Waals surface area contributed by atoms with Crippen LogP contribution in [-0.2, 0) is 5.41 Å². The fraction of sp³-hybridized carbons (Fsp3) is 0.0612. The van der Waals surface area contributed by atoms with Crippen LogP contribution in [0.3, 0.4) is 0 Å². The minimum atomic E-state index is -0.423. The molecule has 6 heteroatoms. The van der Waals surface area contributed by atoms with Crippen LogP contribution in [0.1, 0.15) is 30.5 Å². The largest absolute Gasteiger partial charge is 0.256 e. The highest BCUT2D eigenvalue weighted by Gasteiger charge is 2.37. The van der Waals surface area contributed by atoms with Gasteiger partial charge in [0.2, 0.25) is 0 Å². The van der Waals surface area contributed by atoms with Gasteiger partial charge in [-0.05, 0) is 81.4 Å². The summed E-state index contributed by atoms with van der Waals surface area (Å²) in [5.74, 6) is 1.74. The minimum Gasteiger partial charge on any atom is -0.256 e. The summed E-state index contributed by atoms with van der Waals surface area (Å²) >= 11 is 0. The number of benzene rings is 6. The average Bonchev–Trinajstić information content (AvgIpc) is 3.49. The molecule has 0 spiro atoms. The van der Waals surface area contributed by atoms with Crippen molar-refractivity contribution >= 4 is 5.69 Å². The van der Waals surface area contributed by atoms with Gasteiger partial charge in [0.25, 0.3) is 0 Å². The van der Waals surface area contributed by atoms with Gasteiger partial charge in [0.15, 0.2) is 23.2 Å². The second kappa shape index (κ2) is 13.5. The Labute approximate surface area is 320 Å². The molecule has 8 aromatic rings. The molecule has 0 aliphatic heterocycles. The van der Waals surface area contributed by atoms with Crippen LogP contribution in [-0.4, -0.2) is 19.9 Å². The summed E-state index contributed by atoms with van der Waals surface area (Å²) in [5, 5.41) is 9.77. The molecule has 1 aliphatic carbocycles. The molecule has 9 rings (SSSR count). The van der Waals surface area contributed by atoms with Gasteiger partial charge < -0.3 is 0 Å². The number of pyridine rings is 1. The van der Waals surface area contributed by atoms with Crippen molar-refractivity contribution in [3.05, 3.63) is 186 Å². The SMILES string of the molecule is [C-]#[N+]c1cc(C#N)cc2c1-c1ccc(-c3cc(-c4ccc(-c5ccccc5)nc4)cc(-c4nc(-c5ccccc5)nc(-c5ccccc5)n4)c3)cc1C2(C)C. The van der Waals surface area contributed by atoms with Gasteiger partial charge in [0, 0.05) is 45.0 Å². The van der Waals surface area contributed by atoms with Gasteiger partial charge in [-0.3, -0.25) is 4.98 Å². The van der Waals surface area contributed by atoms with Gasteiger partial charge in [-0.15, -0.1) is 0 Å². The lowest BCUT2D eigenvalue weighted by atomic mass is 9.81. The monoisotopic (exact) mass is 704 g/mol. The summed E-state index contributed by atoms with van der Waals surface area (Å²) in [6, 6.07) is 53.1. The van der Waals surface area contributed by atoms with Crippen molar-refractivity contribution in [1.29, 1.82) is 5.26 Å². The summed E-state index contributed by atoms with van der Waals surface area (Å²) in [6.45, 7) is 12.3. The molecule has 6 nitrogen and oxygen atoms in total. The third-order valence-corrected chi connectivity index (χ3v) is 10.4. The van der Waals surface area contributed by atoms with E-state index in [1.54, 1.807) is 6.07 Å². The number of hydrogen-bond acceptors (Lipinski definition) is 5. The molecule has 0 saturated carbocycles. The summed E-state index contributed by atoms with van der Waals surface area (Å²) in [5.41, 5.74) is 13.2. The highest BCUT2D eigenvalue weighted by molar-refractivity contribution is 5.93. The van der Waals surface area contributed by atoms with E-state index >= 15 is 0 Å². The molecule has 2 heterocycles. The Morgan fingerprint density at radius 2 is 1.07 bits per heavy atom. The second-order valence-corrected chi connectivity index (χ2v) is 14.2. The Kier molecular flexibility index (Phi) is 8.15. The maximum atomic E-state index is 9.77. The number of aromatic nitrogens is 4. The van der Waals surface area contributed by atoms with Crippen molar-refractivity contribution < 1.29 is 0 Å². The van der Waals surface area contributed by atoms with Crippen LogP contribution in [0.25, 0.3) is 83.6 Å². The zero-order valence-corrected chi connectivity index (χ0v) is 30.2. The molecule has 0 N–H and O–H groups in total. The highest BCUT2D eigenvalue weighted by atomic mass is 15.0. The van der Waals surface area contributed by atoms with Crippen molar-refractivity contribution in [2.45, 2.75) is 19.3 Å². The van der Waals surface area contributed by atoms with E-state index in [9.17, 15) is 5.26 Å². The number of hydrogen-bond donors (Lipinski definition) is 0. The highest BCUT2D eigenvalue weighted by Crippen LogP contribution is 2.53. The van der Waals surface area contributed by atoms with E-state index < -0.39 is 5.41 Å². The smallest absolute Gasteiger partial charge is 0.196 e. The fourth-order valence-corrected chi connectivity index (χ4v) is 7.53. The molecule has 0 fully saturated rings. The summed E-state index contributed by atoms with van der Waals surface area (Å²) in [7, 11) is 0. The van der Waals surface area contributed by atoms with Crippen molar-refractivity contribution in [3.8, 4) is 84.9 Å². The van der Waals surface area contributed by atoms with E-state index in [-0.39, 0.29) is 0 Å². The number of fused-ring (bicyclic) bond motifs is 3. The topological polar surface area (TPSA) is 79.7 Å². The molecule has 0 bridgehead atoms. The quantitative estimate of drug-likeness (QED) is 0.161. The fourth-order valence-electron chi connectivity index (χ4n) is 7.53. The molecule has 0 amide bonds. The van der Waals surface area contributed by atoms with Crippen molar-refractivity contribution in [3.63, 3.8) is 0 Å². The molecule has 0 atom stereocenters. The molecule has 55 heavy (non-hydrogen) atoms. The lowest BCUT2D eigenvalue weighted by Gasteiger charge is -2.22. The molecule has 258 valence electrons. The number of rotatable bonds is 6. The van der Waals surface area contributed by atoms with Gasteiger partial charge in [-0.2, -0.15) is 5.26 Å². The first kappa shape index (κ1) is 33.3. The van der Waals surface area contributed by atoms with E-state index in [1.165, 1.54) is 0 Å². The maximum absolute atomic E-state index is 9.77. The summed E-state index contributed by atoms with van der Waals surface area (Å²) < 4.78 is 0. The first-order chi connectivity index (χ1) is 26.9. The van der Waals surface area contributed by atoms with Gasteiger partial charge in [0.05, 0.1) is 18.3 Å². The van der Waals surface area contributed by atoms with Crippen LogP contribution in [0.5, 0.6) is 0 Å². The van der Waals surface area contributed by atoms with E-state index in [2.05, 4.69) is 85.4 Å². The lowest BCUT2D eigenvalue weighted by Crippen LogP contribution is -2.15. The molecule has 6 aromatic carbocycles. The number of nitrogens with zero attached hydrogens (tertiary/aromatic N) is 6. The molecule has 0 saturated heterocycles. The Morgan fingerprint density at radius 1 is 0.527 bits per heavy atom. The molecule has 2 aromatic heterocycles. The predicted molar refractivity (Wildman–Crippen MR) is 219 cm³/mol. The van der Waals surface area contributed by atoms with E-state index in [4.69, 9.17) is 26.5 Å². The van der Waals surface area contributed by atoms with Crippen LogP contribution in [0.2, 0.25) is 0 Å². The van der Waals surface area contributed by atoms with Crippen LogP contribution in [0.4, 0.5) is 5.69 Å². The van der Waals surface area contributed by atoms with Crippen molar-refractivity contribution in [2.75, 3.05) is 0 Å². The maximum Gasteiger partial charge on any atom is 0.196 e. The summed E-state index contributed by atoms with van der Waals surface area (Å²) in [6.07, 6.45) is 1.92. The Balaban J connectivity index is 1.24. The van der Waals surface area contributed by atoms with Crippen molar-refractivity contribution in [2.24, 2.45) is 0 Å². The van der Waals surface area contributed by atoms with Crippen LogP contribution >= 0.6 is 0 Å². The molecule has 1 aliphatic rings. The van der Waals surface area contributed by atoms with Gasteiger partial charge >= 0.3 is 0 Å². The second-order valence-electron chi connectivity index (χ2n) is 14.2. The van der Waals surface area contributed by atoms with Gasteiger partial charge in [-0.1, -0.05) is 123 Å². The van der Waals surface area contributed by atoms with E-state index in [0.29, 0.717) is 28.7 Å². The molecule has 0 unspecified atom stereocenters. The Morgan fingerprint density at radius 3 is 1.64 bits per heavy atom. The lowest BCUT2D eigenvalue weighted by molar-refractivity contribution is 0.660. The van der Waals surface area contributed by atoms with Crippen LogP contribution < -0.4 is 0 Å². The predicted octanol–water partition coefficient (Wildman–Crippen LogP) is 12.0. The average molecular weight is 705 g/mol. The van der Waals surface area contributed by atoms with Crippen molar-refractivity contribution in [1.82, 2.24) is 19.9 Å². The van der Waals surface area contributed by atoms with Crippen LogP contribution in [0.15, 0.2) is 158 Å². The number of nitriles is 1. The minimum absolute atomic E-state index is 0.423. The van der Waals surface area contributed by atoms with Crippen LogP contribution in [0, 0.1) is 17.9 Å². The van der Waals surface area contributed by atoms with E-state index in [0.717, 1.165) is 72.5 Å².